The average Bonchev–Trinajstić information content (AvgIpc) is 3.81. The van der Waals surface area contributed by atoms with E-state index in [4.69, 9.17) is 15.3 Å². The average molecular weight is 731 g/mol. The number of hydrogen-bond donors (Lipinski definition) is 0. The van der Waals surface area contributed by atoms with Crippen LogP contribution >= 0.6 is 0 Å². The van der Waals surface area contributed by atoms with Gasteiger partial charge in [-0.25, -0.2) is 0 Å². The monoisotopic (exact) mass is 730 g/mol. The lowest BCUT2D eigenvalue weighted by molar-refractivity contribution is 0.578. The predicted molar refractivity (Wildman–Crippen MR) is 239 cm³/mol. The third-order valence-electron chi connectivity index (χ3n) is 11.3. The summed E-state index contributed by atoms with van der Waals surface area (Å²) in [5.41, 5.74) is 9.68. The molecule has 0 saturated carbocycles. The van der Waals surface area contributed by atoms with E-state index in [1.165, 1.54) is 21.5 Å². The molecule has 11 rings (SSSR count). The first-order valence-electron chi connectivity index (χ1n) is 19.1. The number of para-hydroxylation sites is 5. The molecule has 0 unspecified atom stereocenters. The molecule has 0 amide bonds. The minimum Gasteiger partial charge on any atom is -0.459 e. The third kappa shape index (κ3) is 5.03. The van der Waals surface area contributed by atoms with Gasteiger partial charge in [-0.05, 0) is 95.2 Å². The molecule has 0 aliphatic carbocycles. The van der Waals surface area contributed by atoms with Gasteiger partial charge in [0.05, 0.1) is 22.7 Å². The van der Waals surface area contributed by atoms with Gasteiger partial charge in [-0.2, -0.15) is 0 Å². The molecule has 9 aromatic carbocycles. The summed E-state index contributed by atoms with van der Waals surface area (Å²) < 4.78 is 13.2. The maximum Gasteiger partial charge on any atom is 0.159 e. The molecule has 0 fully saturated rings. The van der Waals surface area contributed by atoms with E-state index in [0.29, 0.717) is 0 Å². The fourth-order valence-electron chi connectivity index (χ4n) is 8.80. The quantitative estimate of drug-likeness (QED) is 0.121. The van der Waals surface area contributed by atoms with Crippen LogP contribution in [0.3, 0.4) is 0 Å². The number of fused-ring (bicyclic) bond motifs is 4. The predicted octanol–water partition coefficient (Wildman–Crippen LogP) is 15.1. The van der Waals surface area contributed by atoms with Crippen molar-refractivity contribution in [2.45, 2.75) is 6.92 Å². The fraction of sp³-hybridized carbons (Fsp3) is 0.0189. The van der Waals surface area contributed by atoms with E-state index in [9.17, 15) is 0 Å². The molecule has 2 aromatic heterocycles. The van der Waals surface area contributed by atoms with Crippen molar-refractivity contribution in [3.8, 4) is 12.3 Å². The van der Waals surface area contributed by atoms with Gasteiger partial charge in [0.15, 0.2) is 11.2 Å². The summed E-state index contributed by atoms with van der Waals surface area (Å²) in [7, 11) is 0. The van der Waals surface area contributed by atoms with Gasteiger partial charge < -0.3 is 18.6 Å². The van der Waals surface area contributed by atoms with Gasteiger partial charge in [0.2, 0.25) is 0 Å². The number of nitrogens with zero attached hydrogens (tertiary/aromatic N) is 2. The molecule has 2 heterocycles. The lowest BCUT2D eigenvalue weighted by atomic mass is 9.91. The topological polar surface area (TPSA) is 32.8 Å². The molecule has 0 aliphatic heterocycles. The normalized spacial score (nSPS) is 11.9. The van der Waals surface area contributed by atoms with E-state index >= 15 is 0 Å². The van der Waals surface area contributed by atoms with E-state index in [1.54, 1.807) is 6.08 Å². The molecule has 0 spiro atoms. The van der Waals surface area contributed by atoms with Crippen molar-refractivity contribution in [2.75, 3.05) is 9.80 Å². The zero-order valence-electron chi connectivity index (χ0n) is 31.1. The minimum absolute atomic E-state index is 0.807. The first kappa shape index (κ1) is 32.7. The van der Waals surface area contributed by atoms with Gasteiger partial charge in [-0.1, -0.05) is 121 Å². The molecular formula is C53H34N2O2. The molecule has 0 atom stereocenters. The first-order valence-corrected chi connectivity index (χ1v) is 19.1. The van der Waals surface area contributed by atoms with Crippen LogP contribution in [0.25, 0.3) is 71.3 Å². The van der Waals surface area contributed by atoms with Crippen molar-refractivity contribution in [2.24, 2.45) is 0 Å². The zero-order chi connectivity index (χ0) is 38.0. The van der Waals surface area contributed by atoms with Crippen LogP contribution in [-0.2, 0) is 0 Å². The molecule has 0 N–H and O–H groups in total. The maximum absolute atomic E-state index is 6.65. The second-order valence-electron chi connectivity index (χ2n) is 14.4. The first-order chi connectivity index (χ1) is 28.2. The Hall–Kier alpha value is -7.74. The number of aryl methyl sites for hydroxylation is 1. The van der Waals surface area contributed by atoms with Crippen LogP contribution in [0.15, 0.2) is 185 Å². The summed E-state index contributed by atoms with van der Waals surface area (Å²) in [5, 5.41) is 10.3. The summed E-state index contributed by atoms with van der Waals surface area (Å²) in [6, 6.07) is 60.2. The molecule has 0 radical (unpaired) electrons. The molecule has 0 bridgehead atoms. The highest BCUT2D eigenvalue weighted by Crippen LogP contribution is 2.50. The van der Waals surface area contributed by atoms with Crippen molar-refractivity contribution in [3.05, 3.63) is 187 Å². The van der Waals surface area contributed by atoms with E-state index in [2.05, 4.69) is 173 Å². The largest absolute Gasteiger partial charge is 0.459 e. The van der Waals surface area contributed by atoms with E-state index in [-0.39, 0.29) is 0 Å². The third-order valence-corrected chi connectivity index (χ3v) is 11.3. The second kappa shape index (κ2) is 12.9. The Morgan fingerprint density at radius 2 is 0.965 bits per heavy atom. The fourth-order valence-corrected chi connectivity index (χ4v) is 8.80. The maximum atomic E-state index is 6.65. The van der Waals surface area contributed by atoms with E-state index in [0.717, 1.165) is 89.1 Å². The molecule has 11 aromatic rings. The van der Waals surface area contributed by atoms with Gasteiger partial charge in [0, 0.05) is 43.9 Å². The van der Waals surface area contributed by atoms with Gasteiger partial charge >= 0.3 is 0 Å². The summed E-state index contributed by atoms with van der Waals surface area (Å²) in [6.07, 6.45) is 9.31. The number of benzene rings is 9. The molecule has 4 nitrogen and oxygen atoms in total. The Labute approximate surface area is 329 Å². The van der Waals surface area contributed by atoms with E-state index in [1.807, 2.05) is 25.1 Å². The molecule has 57 heavy (non-hydrogen) atoms. The summed E-state index contributed by atoms with van der Waals surface area (Å²) in [4.78, 5) is 4.67. The molecule has 268 valence electrons. The minimum atomic E-state index is 0.807. The van der Waals surface area contributed by atoms with Gasteiger partial charge in [0.1, 0.15) is 11.3 Å². The molecule has 0 aliphatic rings. The Kier molecular flexibility index (Phi) is 7.42. The van der Waals surface area contributed by atoms with Crippen LogP contribution in [0.1, 0.15) is 11.3 Å². The Morgan fingerprint density at radius 3 is 1.56 bits per heavy atom. The highest BCUT2D eigenvalue weighted by atomic mass is 16.3. The SMILES string of the molecule is C#C/C=C\c1c(C)oc2c(N(c3ccccc3)c3ccc4ccc5c(N(c6ccccc6)c6cccc7c6oc6ccccc67)ccc6ccc3c4c65)cccc12. The van der Waals surface area contributed by atoms with Crippen molar-refractivity contribution in [3.63, 3.8) is 0 Å². The van der Waals surface area contributed by atoms with Crippen LogP contribution < -0.4 is 9.80 Å². The number of terminal acetylenes is 1. The van der Waals surface area contributed by atoms with Crippen LogP contribution in [0.4, 0.5) is 34.1 Å². The molecule has 0 saturated heterocycles. The standard InChI is InChI=1S/C53H34N2O2/c1-3-4-19-39-34(2)56-52-41(39)21-13-23-47(52)54(37-15-7-5-8-16-37)45-32-28-35-27-31-44-46(33-29-36-26-30-43(45)50(35)51(36)44)55(38-17-9-6-10-18-38)48-24-14-22-42-40-20-11-12-25-49(40)57-53(42)48/h1,4-33H,2H3/b19-4-. The Balaban J connectivity index is 1.18. The van der Waals surface area contributed by atoms with Crippen LogP contribution in [0, 0.1) is 19.3 Å². The number of hydrogen-bond acceptors (Lipinski definition) is 4. The van der Waals surface area contributed by atoms with Gasteiger partial charge in [0.25, 0.3) is 0 Å². The summed E-state index contributed by atoms with van der Waals surface area (Å²) in [5.74, 6) is 3.45. The number of allylic oxidation sites excluding steroid dienone is 1. The summed E-state index contributed by atoms with van der Waals surface area (Å²) >= 11 is 0. The number of anilines is 6. The van der Waals surface area contributed by atoms with Crippen molar-refractivity contribution in [1.82, 2.24) is 0 Å². The Morgan fingerprint density at radius 1 is 0.456 bits per heavy atom. The van der Waals surface area contributed by atoms with Crippen molar-refractivity contribution >= 4 is 105 Å². The molecule has 4 heteroatoms. The lowest BCUT2D eigenvalue weighted by Crippen LogP contribution is -2.11. The van der Waals surface area contributed by atoms with Crippen LogP contribution in [0.5, 0.6) is 0 Å². The van der Waals surface area contributed by atoms with Crippen molar-refractivity contribution in [1.29, 1.82) is 0 Å². The van der Waals surface area contributed by atoms with Gasteiger partial charge in [-0.15, -0.1) is 6.42 Å². The molecular weight excluding hydrogens is 697 g/mol. The van der Waals surface area contributed by atoms with E-state index < -0.39 is 0 Å². The van der Waals surface area contributed by atoms with Crippen molar-refractivity contribution < 1.29 is 8.83 Å². The zero-order valence-corrected chi connectivity index (χ0v) is 31.1. The Bertz CT molecular complexity index is 3380. The second-order valence-corrected chi connectivity index (χ2v) is 14.4. The lowest BCUT2D eigenvalue weighted by Gasteiger charge is -2.29. The highest BCUT2D eigenvalue weighted by Gasteiger charge is 2.25. The number of furan rings is 2. The summed E-state index contributed by atoms with van der Waals surface area (Å²) in [6.45, 7) is 1.99. The van der Waals surface area contributed by atoms with Crippen LogP contribution in [0.2, 0.25) is 0 Å². The number of rotatable bonds is 7. The highest BCUT2D eigenvalue weighted by molar-refractivity contribution is 6.28. The van der Waals surface area contributed by atoms with Crippen LogP contribution in [-0.4, -0.2) is 0 Å². The van der Waals surface area contributed by atoms with Gasteiger partial charge in [-0.3, -0.25) is 0 Å². The smallest absolute Gasteiger partial charge is 0.159 e.